The van der Waals surface area contributed by atoms with Gasteiger partial charge in [-0.15, -0.1) is 0 Å². The van der Waals surface area contributed by atoms with E-state index in [1.165, 1.54) is 12.1 Å². The van der Waals surface area contributed by atoms with E-state index in [-0.39, 0.29) is 55.4 Å². The molecule has 1 unspecified atom stereocenters. The summed E-state index contributed by atoms with van der Waals surface area (Å²) in [4.78, 5) is 38.0. The predicted octanol–water partition coefficient (Wildman–Crippen LogP) is 1.08. The molecule has 1 fully saturated rings. The van der Waals surface area contributed by atoms with E-state index in [0.29, 0.717) is 6.54 Å². The number of amides is 3. The molecule has 0 aromatic heterocycles. The molecule has 1 aromatic carbocycles. The number of nitrogens with zero attached hydrogens (tertiary/aromatic N) is 2. The molecule has 1 heterocycles. The van der Waals surface area contributed by atoms with Crippen LogP contribution in [0.25, 0.3) is 0 Å². The van der Waals surface area contributed by atoms with Gasteiger partial charge in [-0.1, -0.05) is 12.1 Å². The molecule has 24 heavy (non-hydrogen) atoms. The summed E-state index contributed by atoms with van der Waals surface area (Å²) in [7, 11) is 3.70. The lowest BCUT2D eigenvalue weighted by Gasteiger charge is -2.25. The number of carbonyl (C=O) groups is 3. The van der Waals surface area contributed by atoms with Crippen LogP contribution < -0.4 is 5.32 Å². The summed E-state index contributed by atoms with van der Waals surface area (Å²) in [6, 6.07) is 6.09. The molecule has 1 atom stereocenters. The number of imide groups is 1. The van der Waals surface area contributed by atoms with E-state index in [4.69, 9.17) is 0 Å². The van der Waals surface area contributed by atoms with Crippen LogP contribution in [0, 0.1) is 5.82 Å². The third-order valence-electron chi connectivity index (χ3n) is 4.07. The van der Waals surface area contributed by atoms with Crippen molar-refractivity contribution in [3.05, 3.63) is 35.6 Å². The lowest BCUT2D eigenvalue weighted by Crippen LogP contribution is -2.37. The number of carbonyl (C=O) groups excluding carboxylic acids is 3. The molecular weight excluding hydrogens is 313 g/mol. The number of benzene rings is 1. The molecule has 3 amide bonds. The van der Waals surface area contributed by atoms with Crippen LogP contribution in [0.3, 0.4) is 0 Å². The zero-order chi connectivity index (χ0) is 17.7. The summed E-state index contributed by atoms with van der Waals surface area (Å²) in [6.07, 6.45) is 0.520. The van der Waals surface area contributed by atoms with Crippen molar-refractivity contribution in [2.24, 2.45) is 0 Å². The standard InChI is InChI=1S/C17H22FN3O3/c1-20(2)14(12-4-3-5-13(18)10-12)11-19-15(22)8-9-21-16(23)6-7-17(21)24/h3-5,10,14H,6-9,11H2,1-2H3,(H,19,22). The van der Waals surface area contributed by atoms with Crippen molar-refractivity contribution in [2.75, 3.05) is 27.2 Å². The molecule has 130 valence electrons. The van der Waals surface area contributed by atoms with Gasteiger partial charge in [0.2, 0.25) is 17.7 Å². The number of rotatable bonds is 7. The largest absolute Gasteiger partial charge is 0.354 e. The highest BCUT2D eigenvalue weighted by Crippen LogP contribution is 2.18. The molecule has 1 saturated heterocycles. The number of nitrogens with one attached hydrogen (secondary N) is 1. The molecule has 1 aliphatic heterocycles. The number of halogens is 1. The summed E-state index contributed by atoms with van der Waals surface area (Å²) in [5.41, 5.74) is 0.769. The third-order valence-corrected chi connectivity index (χ3v) is 4.07. The van der Waals surface area contributed by atoms with Crippen LogP contribution >= 0.6 is 0 Å². The highest BCUT2D eigenvalue weighted by molar-refractivity contribution is 6.02. The third kappa shape index (κ3) is 4.61. The summed E-state index contributed by atoms with van der Waals surface area (Å²) < 4.78 is 13.4. The van der Waals surface area contributed by atoms with Crippen molar-refractivity contribution in [1.29, 1.82) is 0 Å². The van der Waals surface area contributed by atoms with E-state index in [0.717, 1.165) is 10.5 Å². The Morgan fingerprint density at radius 1 is 1.29 bits per heavy atom. The van der Waals surface area contributed by atoms with Crippen molar-refractivity contribution in [3.63, 3.8) is 0 Å². The smallest absolute Gasteiger partial charge is 0.229 e. The fraction of sp³-hybridized carbons (Fsp3) is 0.471. The first kappa shape index (κ1) is 18.1. The summed E-state index contributed by atoms with van der Waals surface area (Å²) in [5.74, 6) is -1.01. The average molecular weight is 335 g/mol. The second kappa shape index (κ2) is 8.01. The summed E-state index contributed by atoms with van der Waals surface area (Å²) in [6.45, 7) is 0.424. The highest BCUT2D eigenvalue weighted by atomic mass is 19.1. The maximum atomic E-state index is 13.4. The molecule has 6 nitrogen and oxygen atoms in total. The van der Waals surface area contributed by atoms with Gasteiger partial charge < -0.3 is 10.2 Å². The van der Waals surface area contributed by atoms with Crippen molar-refractivity contribution < 1.29 is 18.8 Å². The molecule has 1 aromatic rings. The zero-order valence-electron chi connectivity index (χ0n) is 13.9. The van der Waals surface area contributed by atoms with Gasteiger partial charge in [0.1, 0.15) is 5.82 Å². The topological polar surface area (TPSA) is 69.7 Å². The minimum atomic E-state index is -0.322. The van der Waals surface area contributed by atoms with Crippen LogP contribution in [0.1, 0.15) is 30.9 Å². The molecule has 0 radical (unpaired) electrons. The number of hydrogen-bond donors (Lipinski definition) is 1. The number of likely N-dealkylation sites (N-methyl/N-ethyl adjacent to an activating group) is 1. The zero-order valence-corrected chi connectivity index (χ0v) is 13.9. The Kier molecular flexibility index (Phi) is 6.03. The van der Waals surface area contributed by atoms with Crippen LogP contribution in [0.15, 0.2) is 24.3 Å². The first-order valence-electron chi connectivity index (χ1n) is 7.90. The molecule has 0 aliphatic carbocycles. The SMILES string of the molecule is CN(C)C(CNC(=O)CCN1C(=O)CCC1=O)c1cccc(F)c1. The lowest BCUT2D eigenvalue weighted by molar-refractivity contribution is -0.138. The number of hydrogen-bond acceptors (Lipinski definition) is 4. The van der Waals surface area contributed by atoms with Gasteiger partial charge in [-0.05, 0) is 31.8 Å². The first-order valence-corrected chi connectivity index (χ1v) is 7.90. The fourth-order valence-corrected chi connectivity index (χ4v) is 2.70. The van der Waals surface area contributed by atoms with Crippen LogP contribution in [0.5, 0.6) is 0 Å². The van der Waals surface area contributed by atoms with Crippen LogP contribution in [0.2, 0.25) is 0 Å². The average Bonchev–Trinajstić information content (AvgIpc) is 2.84. The van der Waals surface area contributed by atoms with E-state index in [2.05, 4.69) is 5.32 Å². The van der Waals surface area contributed by atoms with Crippen molar-refractivity contribution >= 4 is 17.7 Å². The van der Waals surface area contributed by atoms with Crippen LogP contribution in [-0.2, 0) is 14.4 Å². The molecule has 0 spiro atoms. The second-order valence-electron chi connectivity index (χ2n) is 6.03. The van der Waals surface area contributed by atoms with Gasteiger partial charge in [0.15, 0.2) is 0 Å². The Balaban J connectivity index is 1.86. The van der Waals surface area contributed by atoms with E-state index in [9.17, 15) is 18.8 Å². The molecule has 7 heteroatoms. The van der Waals surface area contributed by atoms with Gasteiger partial charge in [0.05, 0.1) is 6.04 Å². The van der Waals surface area contributed by atoms with Gasteiger partial charge in [-0.3, -0.25) is 19.3 Å². The Labute approximate surface area is 140 Å². The van der Waals surface area contributed by atoms with Crippen LogP contribution in [0.4, 0.5) is 4.39 Å². The lowest BCUT2D eigenvalue weighted by atomic mass is 10.1. The minimum absolute atomic E-state index is 0.0702. The van der Waals surface area contributed by atoms with E-state index in [1.54, 1.807) is 6.07 Å². The van der Waals surface area contributed by atoms with E-state index < -0.39 is 0 Å². The summed E-state index contributed by atoms with van der Waals surface area (Å²) in [5, 5.41) is 2.78. The number of likely N-dealkylation sites (tertiary alicyclic amines) is 1. The van der Waals surface area contributed by atoms with Crippen molar-refractivity contribution in [1.82, 2.24) is 15.1 Å². The van der Waals surface area contributed by atoms with E-state index in [1.807, 2.05) is 25.1 Å². The second-order valence-corrected chi connectivity index (χ2v) is 6.03. The quantitative estimate of drug-likeness (QED) is 0.757. The minimum Gasteiger partial charge on any atom is -0.354 e. The monoisotopic (exact) mass is 335 g/mol. The van der Waals surface area contributed by atoms with Gasteiger partial charge in [0, 0.05) is 32.4 Å². The Morgan fingerprint density at radius 2 is 1.96 bits per heavy atom. The van der Waals surface area contributed by atoms with Crippen molar-refractivity contribution in [3.8, 4) is 0 Å². The maximum absolute atomic E-state index is 13.4. The molecule has 1 aliphatic rings. The fourth-order valence-electron chi connectivity index (χ4n) is 2.70. The molecular formula is C17H22FN3O3. The first-order chi connectivity index (χ1) is 11.4. The molecule has 0 bridgehead atoms. The van der Waals surface area contributed by atoms with E-state index >= 15 is 0 Å². The molecule has 1 N–H and O–H groups in total. The Bertz CT molecular complexity index is 617. The molecule has 0 saturated carbocycles. The van der Waals surface area contributed by atoms with Crippen molar-refractivity contribution in [2.45, 2.75) is 25.3 Å². The summed E-state index contributed by atoms with van der Waals surface area (Å²) >= 11 is 0. The highest BCUT2D eigenvalue weighted by Gasteiger charge is 2.28. The Morgan fingerprint density at radius 3 is 2.54 bits per heavy atom. The van der Waals surface area contributed by atoms with Gasteiger partial charge in [-0.2, -0.15) is 0 Å². The van der Waals surface area contributed by atoms with Gasteiger partial charge in [-0.25, -0.2) is 4.39 Å². The van der Waals surface area contributed by atoms with Gasteiger partial charge >= 0.3 is 0 Å². The maximum Gasteiger partial charge on any atom is 0.229 e. The Hall–Kier alpha value is -2.28. The predicted molar refractivity (Wildman–Crippen MR) is 86.4 cm³/mol. The molecule has 2 rings (SSSR count). The van der Waals surface area contributed by atoms with Crippen LogP contribution in [-0.4, -0.2) is 54.7 Å². The normalized spacial score (nSPS) is 15.9. The van der Waals surface area contributed by atoms with Gasteiger partial charge in [0.25, 0.3) is 0 Å².